The van der Waals surface area contributed by atoms with Crippen LogP contribution in [0.4, 0.5) is 0 Å². The van der Waals surface area contributed by atoms with Crippen LogP contribution < -0.4 is 10.1 Å². The monoisotopic (exact) mass is 207 g/mol. The Morgan fingerprint density at radius 3 is 3.13 bits per heavy atom. The number of fused-ring (bicyclic) bond motifs is 1. The van der Waals surface area contributed by atoms with Gasteiger partial charge in [-0.2, -0.15) is 0 Å². The van der Waals surface area contributed by atoms with E-state index in [-0.39, 0.29) is 6.61 Å². The number of hydrogen-bond donors (Lipinski definition) is 2. The van der Waals surface area contributed by atoms with Crippen LogP contribution in [0.25, 0.3) is 0 Å². The molecule has 0 saturated carbocycles. The van der Waals surface area contributed by atoms with E-state index in [4.69, 9.17) is 9.84 Å². The van der Waals surface area contributed by atoms with Crippen molar-refractivity contribution >= 4 is 0 Å². The van der Waals surface area contributed by atoms with Crippen molar-refractivity contribution < 1.29 is 9.84 Å². The second-order valence-corrected chi connectivity index (χ2v) is 3.87. The zero-order valence-electron chi connectivity index (χ0n) is 8.99. The molecule has 1 heterocycles. The summed E-state index contributed by atoms with van der Waals surface area (Å²) in [6.07, 6.45) is 0.813. The van der Waals surface area contributed by atoms with Crippen LogP contribution in [0.5, 0.6) is 5.75 Å². The van der Waals surface area contributed by atoms with Crippen molar-refractivity contribution in [1.82, 2.24) is 5.32 Å². The molecule has 82 valence electrons. The van der Waals surface area contributed by atoms with Crippen LogP contribution in [-0.2, 0) is 6.54 Å². The van der Waals surface area contributed by atoms with Gasteiger partial charge in [-0.05, 0) is 24.0 Å². The molecule has 1 aromatic rings. The third-order valence-electron chi connectivity index (χ3n) is 3.00. The number of aliphatic hydroxyl groups excluding tert-OH is 1. The van der Waals surface area contributed by atoms with Gasteiger partial charge >= 0.3 is 0 Å². The maximum atomic E-state index is 9.01. The zero-order chi connectivity index (χ0) is 10.7. The molecule has 3 nitrogen and oxygen atoms in total. The number of benzene rings is 1. The Balaban J connectivity index is 2.35. The van der Waals surface area contributed by atoms with Gasteiger partial charge in [0.2, 0.25) is 0 Å². The van der Waals surface area contributed by atoms with Gasteiger partial charge in [0, 0.05) is 25.3 Å². The van der Waals surface area contributed by atoms with Crippen LogP contribution in [0.3, 0.4) is 0 Å². The minimum Gasteiger partial charge on any atom is -0.496 e. The lowest BCUT2D eigenvalue weighted by atomic mass is 9.88. The van der Waals surface area contributed by atoms with Gasteiger partial charge in [-0.1, -0.05) is 12.1 Å². The average Bonchev–Trinajstić information content (AvgIpc) is 2.29. The molecule has 1 atom stereocenters. The fourth-order valence-corrected chi connectivity index (χ4v) is 2.24. The van der Waals surface area contributed by atoms with Gasteiger partial charge < -0.3 is 15.2 Å². The highest BCUT2D eigenvalue weighted by Gasteiger charge is 2.21. The van der Waals surface area contributed by atoms with Gasteiger partial charge in [-0.25, -0.2) is 0 Å². The molecule has 2 rings (SSSR count). The van der Waals surface area contributed by atoms with Crippen molar-refractivity contribution in [2.45, 2.75) is 18.9 Å². The maximum absolute atomic E-state index is 9.01. The Labute approximate surface area is 90.1 Å². The van der Waals surface area contributed by atoms with E-state index in [0.717, 1.165) is 25.3 Å². The molecular formula is C12H17NO2. The number of hydrogen-bond acceptors (Lipinski definition) is 3. The Bertz CT molecular complexity index is 338. The Hall–Kier alpha value is -1.06. The molecule has 0 aromatic heterocycles. The minimum absolute atomic E-state index is 0.239. The summed E-state index contributed by atoms with van der Waals surface area (Å²) in [6, 6.07) is 6.15. The van der Waals surface area contributed by atoms with Crippen LogP contribution in [0, 0.1) is 0 Å². The van der Waals surface area contributed by atoms with Crippen molar-refractivity contribution in [3.8, 4) is 5.75 Å². The van der Waals surface area contributed by atoms with Gasteiger partial charge in [0.1, 0.15) is 5.75 Å². The summed E-state index contributed by atoms with van der Waals surface area (Å²) >= 11 is 0. The van der Waals surface area contributed by atoms with Gasteiger partial charge in [0.25, 0.3) is 0 Å². The first-order valence-corrected chi connectivity index (χ1v) is 5.34. The van der Waals surface area contributed by atoms with Crippen molar-refractivity contribution in [3.05, 3.63) is 29.3 Å². The van der Waals surface area contributed by atoms with Crippen LogP contribution in [0.2, 0.25) is 0 Å². The number of aliphatic hydroxyl groups is 1. The molecule has 1 aromatic carbocycles. The molecule has 0 fully saturated rings. The summed E-state index contributed by atoms with van der Waals surface area (Å²) in [7, 11) is 1.70. The van der Waals surface area contributed by atoms with Gasteiger partial charge in [0.05, 0.1) is 7.11 Å². The normalized spacial score (nSPS) is 19.7. The van der Waals surface area contributed by atoms with E-state index in [1.165, 1.54) is 11.1 Å². The molecule has 3 heteroatoms. The molecule has 0 saturated heterocycles. The molecule has 0 spiro atoms. The summed E-state index contributed by atoms with van der Waals surface area (Å²) in [5, 5.41) is 12.4. The fourth-order valence-electron chi connectivity index (χ4n) is 2.24. The molecule has 1 aliphatic rings. The Morgan fingerprint density at radius 1 is 1.53 bits per heavy atom. The van der Waals surface area contributed by atoms with E-state index in [0.29, 0.717) is 5.92 Å². The molecule has 1 unspecified atom stereocenters. The number of rotatable bonds is 3. The third kappa shape index (κ3) is 1.98. The second kappa shape index (κ2) is 4.64. The lowest BCUT2D eigenvalue weighted by molar-refractivity contribution is 0.270. The van der Waals surface area contributed by atoms with Crippen LogP contribution in [0.15, 0.2) is 18.2 Å². The predicted molar refractivity (Wildman–Crippen MR) is 59.1 cm³/mol. The molecular weight excluding hydrogens is 190 g/mol. The topological polar surface area (TPSA) is 41.5 Å². The highest BCUT2D eigenvalue weighted by molar-refractivity contribution is 5.43. The summed E-state index contributed by atoms with van der Waals surface area (Å²) in [5.41, 5.74) is 2.56. The zero-order valence-corrected chi connectivity index (χ0v) is 8.99. The van der Waals surface area contributed by atoms with Crippen molar-refractivity contribution in [1.29, 1.82) is 0 Å². The van der Waals surface area contributed by atoms with Gasteiger partial charge in [-0.3, -0.25) is 0 Å². The standard InChI is InChI=1S/C12H17NO2/c1-15-12-4-2-3-10-9(5-6-14)7-13-8-11(10)12/h2-4,9,13-14H,5-8H2,1H3. The van der Waals surface area contributed by atoms with E-state index in [2.05, 4.69) is 11.4 Å². The molecule has 15 heavy (non-hydrogen) atoms. The quantitative estimate of drug-likeness (QED) is 0.784. The molecule has 0 radical (unpaired) electrons. The van der Waals surface area contributed by atoms with E-state index in [1.54, 1.807) is 7.11 Å². The highest BCUT2D eigenvalue weighted by atomic mass is 16.5. The highest BCUT2D eigenvalue weighted by Crippen LogP contribution is 2.32. The summed E-state index contributed by atoms with van der Waals surface area (Å²) < 4.78 is 5.34. The first-order chi connectivity index (χ1) is 7.36. The van der Waals surface area contributed by atoms with Crippen molar-refractivity contribution in [2.24, 2.45) is 0 Å². The van der Waals surface area contributed by atoms with Gasteiger partial charge in [-0.15, -0.1) is 0 Å². The lowest BCUT2D eigenvalue weighted by Crippen LogP contribution is -2.29. The lowest BCUT2D eigenvalue weighted by Gasteiger charge is -2.27. The fraction of sp³-hybridized carbons (Fsp3) is 0.500. The SMILES string of the molecule is COc1cccc2c1CNCC2CCO. The first kappa shape index (κ1) is 10.5. The van der Waals surface area contributed by atoms with E-state index in [1.807, 2.05) is 12.1 Å². The largest absolute Gasteiger partial charge is 0.496 e. The number of methoxy groups -OCH3 is 1. The smallest absolute Gasteiger partial charge is 0.123 e. The van der Waals surface area contributed by atoms with Crippen molar-refractivity contribution in [2.75, 3.05) is 20.3 Å². The van der Waals surface area contributed by atoms with Crippen LogP contribution in [-0.4, -0.2) is 25.4 Å². The maximum Gasteiger partial charge on any atom is 0.123 e. The molecule has 1 aliphatic heterocycles. The van der Waals surface area contributed by atoms with Crippen LogP contribution >= 0.6 is 0 Å². The number of ether oxygens (including phenoxy) is 1. The molecule has 0 bridgehead atoms. The summed E-state index contributed by atoms with van der Waals surface area (Å²) in [6.45, 7) is 2.05. The second-order valence-electron chi connectivity index (χ2n) is 3.87. The minimum atomic E-state index is 0.239. The summed E-state index contributed by atoms with van der Waals surface area (Å²) in [5.74, 6) is 1.36. The average molecular weight is 207 g/mol. The molecule has 0 amide bonds. The predicted octanol–water partition coefficient (Wildman–Crippen LogP) is 1.26. The third-order valence-corrected chi connectivity index (χ3v) is 3.00. The Morgan fingerprint density at radius 2 is 2.40 bits per heavy atom. The first-order valence-electron chi connectivity index (χ1n) is 5.34. The Kier molecular flexibility index (Phi) is 3.23. The van der Waals surface area contributed by atoms with Crippen molar-refractivity contribution in [3.63, 3.8) is 0 Å². The van der Waals surface area contributed by atoms with E-state index < -0.39 is 0 Å². The summed E-state index contributed by atoms with van der Waals surface area (Å²) in [4.78, 5) is 0. The molecule has 0 aliphatic carbocycles. The van der Waals surface area contributed by atoms with E-state index >= 15 is 0 Å². The van der Waals surface area contributed by atoms with Gasteiger partial charge in [0.15, 0.2) is 0 Å². The number of nitrogens with one attached hydrogen (secondary N) is 1. The van der Waals surface area contributed by atoms with Crippen LogP contribution in [0.1, 0.15) is 23.5 Å². The van der Waals surface area contributed by atoms with E-state index in [9.17, 15) is 0 Å². The molecule has 2 N–H and O–H groups in total.